The van der Waals surface area contributed by atoms with Crippen LogP contribution < -0.4 is 4.74 Å². The average Bonchev–Trinajstić information content (AvgIpc) is 2.66. The second-order valence-corrected chi connectivity index (χ2v) is 7.15. The Hall–Kier alpha value is -2.34. The predicted molar refractivity (Wildman–Crippen MR) is 109 cm³/mol. The number of ether oxygens (including phenoxy) is 2. The van der Waals surface area contributed by atoms with Gasteiger partial charge in [-0.3, -0.25) is 4.79 Å². The SMILES string of the molecule is Cc1ccc2c(Cl)cc(Cl)c(OCC(=O)OCC(=O)c3ccc(Cl)cc3)c2n1. The molecule has 5 nitrogen and oxygen atoms in total. The molecule has 0 unspecified atom stereocenters. The molecule has 0 fully saturated rings. The minimum absolute atomic E-state index is 0.223. The van der Waals surface area contributed by atoms with Crippen LogP contribution in [0, 0.1) is 6.92 Å². The maximum absolute atomic E-state index is 12.0. The number of aryl methyl sites for hydroxylation is 1. The van der Waals surface area contributed by atoms with Gasteiger partial charge in [-0.15, -0.1) is 0 Å². The fourth-order valence-electron chi connectivity index (χ4n) is 2.47. The Bertz CT molecular complexity index is 1050. The van der Waals surface area contributed by atoms with Crippen molar-refractivity contribution in [2.75, 3.05) is 13.2 Å². The van der Waals surface area contributed by atoms with Crippen LogP contribution >= 0.6 is 34.8 Å². The van der Waals surface area contributed by atoms with Gasteiger partial charge in [-0.2, -0.15) is 0 Å². The summed E-state index contributed by atoms with van der Waals surface area (Å²) in [5, 5.41) is 1.81. The maximum Gasteiger partial charge on any atom is 0.344 e. The van der Waals surface area contributed by atoms with Crippen LogP contribution in [0.5, 0.6) is 5.75 Å². The third-order valence-corrected chi connectivity index (χ3v) is 4.69. The third kappa shape index (κ3) is 4.73. The zero-order chi connectivity index (χ0) is 20.3. The van der Waals surface area contributed by atoms with E-state index < -0.39 is 19.2 Å². The molecular weight excluding hydrogens is 425 g/mol. The summed E-state index contributed by atoms with van der Waals surface area (Å²) in [5.74, 6) is -0.836. The van der Waals surface area contributed by atoms with Gasteiger partial charge in [0.05, 0.1) is 10.0 Å². The lowest BCUT2D eigenvalue weighted by atomic mass is 10.1. The van der Waals surface area contributed by atoms with Crippen molar-refractivity contribution >= 4 is 57.5 Å². The number of pyridine rings is 1. The number of rotatable bonds is 6. The van der Waals surface area contributed by atoms with Crippen LogP contribution in [0.2, 0.25) is 15.1 Å². The average molecular weight is 439 g/mol. The van der Waals surface area contributed by atoms with Crippen LogP contribution in [0.3, 0.4) is 0 Å². The molecule has 3 rings (SSSR count). The molecule has 144 valence electrons. The third-order valence-electron chi connectivity index (χ3n) is 3.84. The van der Waals surface area contributed by atoms with Gasteiger partial charge in [0.2, 0.25) is 0 Å². The Morgan fingerprint density at radius 2 is 1.68 bits per heavy atom. The molecule has 0 aliphatic carbocycles. The molecule has 0 radical (unpaired) electrons. The Morgan fingerprint density at radius 3 is 2.39 bits per heavy atom. The van der Waals surface area contributed by atoms with E-state index in [-0.39, 0.29) is 16.6 Å². The number of benzene rings is 2. The van der Waals surface area contributed by atoms with E-state index in [9.17, 15) is 9.59 Å². The number of nitrogens with zero attached hydrogens (tertiary/aromatic N) is 1. The van der Waals surface area contributed by atoms with Crippen LogP contribution in [-0.4, -0.2) is 30.0 Å². The number of ketones is 1. The normalized spacial score (nSPS) is 10.7. The van der Waals surface area contributed by atoms with Crippen molar-refractivity contribution in [3.05, 3.63) is 68.8 Å². The number of aromatic nitrogens is 1. The lowest BCUT2D eigenvalue weighted by Gasteiger charge is -2.12. The minimum Gasteiger partial charge on any atom is -0.478 e. The largest absolute Gasteiger partial charge is 0.478 e. The molecule has 2 aromatic carbocycles. The summed E-state index contributed by atoms with van der Waals surface area (Å²) >= 11 is 18.2. The summed E-state index contributed by atoms with van der Waals surface area (Å²) in [5.41, 5.74) is 1.58. The molecule has 0 spiro atoms. The lowest BCUT2D eigenvalue weighted by Crippen LogP contribution is -2.19. The zero-order valence-corrected chi connectivity index (χ0v) is 16.9. The number of hydrogen-bond acceptors (Lipinski definition) is 5. The number of carbonyl (C=O) groups excluding carboxylic acids is 2. The van der Waals surface area contributed by atoms with Gasteiger partial charge in [0.25, 0.3) is 0 Å². The summed E-state index contributed by atoms with van der Waals surface area (Å²) in [6.45, 7) is 0.977. The first kappa shape index (κ1) is 20.4. The fraction of sp³-hybridized carbons (Fsp3) is 0.150. The molecule has 8 heteroatoms. The van der Waals surface area contributed by atoms with E-state index in [0.29, 0.717) is 26.5 Å². The van der Waals surface area contributed by atoms with Gasteiger partial charge < -0.3 is 9.47 Å². The number of fused-ring (bicyclic) bond motifs is 1. The lowest BCUT2D eigenvalue weighted by molar-refractivity contribution is -0.144. The highest BCUT2D eigenvalue weighted by molar-refractivity contribution is 6.39. The van der Waals surface area contributed by atoms with Gasteiger partial charge in [0, 0.05) is 21.7 Å². The number of halogens is 3. The van der Waals surface area contributed by atoms with E-state index >= 15 is 0 Å². The van der Waals surface area contributed by atoms with Crippen LogP contribution in [0.15, 0.2) is 42.5 Å². The second-order valence-electron chi connectivity index (χ2n) is 5.90. The van der Waals surface area contributed by atoms with Crippen molar-refractivity contribution in [1.82, 2.24) is 4.98 Å². The molecule has 3 aromatic rings. The summed E-state index contributed by atoms with van der Waals surface area (Å²) in [7, 11) is 0. The molecule has 28 heavy (non-hydrogen) atoms. The maximum atomic E-state index is 12.0. The summed E-state index contributed by atoms with van der Waals surface area (Å²) < 4.78 is 10.5. The first-order valence-corrected chi connectivity index (χ1v) is 9.31. The molecule has 0 N–H and O–H groups in total. The molecule has 0 amide bonds. The van der Waals surface area contributed by atoms with Gasteiger partial charge in [0.15, 0.2) is 24.7 Å². The summed E-state index contributed by atoms with van der Waals surface area (Å²) in [6, 6.07) is 11.4. The van der Waals surface area contributed by atoms with Crippen molar-refractivity contribution in [2.45, 2.75) is 6.92 Å². The molecule has 0 saturated carbocycles. The van der Waals surface area contributed by atoms with Crippen molar-refractivity contribution in [1.29, 1.82) is 0 Å². The smallest absolute Gasteiger partial charge is 0.344 e. The standard InChI is InChI=1S/C20H14Cl3NO4/c1-11-2-7-14-15(22)8-16(23)20(19(14)24-11)28-10-18(26)27-9-17(25)12-3-5-13(21)6-4-12/h2-8H,9-10H2,1H3. The van der Waals surface area contributed by atoms with Crippen LogP contribution in [-0.2, 0) is 9.53 Å². The van der Waals surface area contributed by atoms with E-state index in [2.05, 4.69) is 4.98 Å². The molecule has 0 bridgehead atoms. The van der Waals surface area contributed by atoms with Gasteiger partial charge in [-0.05, 0) is 49.4 Å². The van der Waals surface area contributed by atoms with E-state index in [1.807, 2.05) is 13.0 Å². The quantitative estimate of drug-likeness (QED) is 0.385. The number of Topliss-reactive ketones (excluding diaryl/α,β-unsaturated/α-hetero) is 1. The predicted octanol–water partition coefficient (Wildman–Crippen LogP) is 5.31. The van der Waals surface area contributed by atoms with Crippen LogP contribution in [0.4, 0.5) is 0 Å². The Balaban J connectivity index is 1.65. The number of hydrogen-bond donors (Lipinski definition) is 0. The molecule has 0 aliphatic heterocycles. The molecule has 0 saturated heterocycles. The topological polar surface area (TPSA) is 65.5 Å². The summed E-state index contributed by atoms with van der Waals surface area (Å²) in [4.78, 5) is 28.4. The molecule has 0 atom stereocenters. The van der Waals surface area contributed by atoms with Gasteiger partial charge >= 0.3 is 5.97 Å². The number of esters is 1. The highest BCUT2D eigenvalue weighted by Gasteiger charge is 2.16. The Morgan fingerprint density at radius 1 is 0.964 bits per heavy atom. The van der Waals surface area contributed by atoms with Crippen LogP contribution in [0.1, 0.15) is 16.1 Å². The van der Waals surface area contributed by atoms with E-state index in [1.165, 1.54) is 6.07 Å². The monoisotopic (exact) mass is 437 g/mol. The Labute approximate surface area is 176 Å². The number of carbonyl (C=O) groups is 2. The first-order chi connectivity index (χ1) is 13.3. The summed E-state index contributed by atoms with van der Waals surface area (Å²) in [6.07, 6.45) is 0. The molecule has 1 heterocycles. The van der Waals surface area contributed by atoms with E-state index in [0.717, 1.165) is 5.69 Å². The second kappa shape index (κ2) is 8.78. The highest BCUT2D eigenvalue weighted by Crippen LogP contribution is 2.37. The molecule has 1 aromatic heterocycles. The van der Waals surface area contributed by atoms with Gasteiger partial charge in [-0.1, -0.05) is 34.8 Å². The van der Waals surface area contributed by atoms with Crippen molar-refractivity contribution in [2.24, 2.45) is 0 Å². The van der Waals surface area contributed by atoms with Crippen molar-refractivity contribution in [3.8, 4) is 5.75 Å². The van der Waals surface area contributed by atoms with Crippen molar-refractivity contribution in [3.63, 3.8) is 0 Å². The first-order valence-electron chi connectivity index (χ1n) is 8.17. The van der Waals surface area contributed by atoms with E-state index in [1.54, 1.807) is 30.3 Å². The molecule has 0 aliphatic rings. The molecular formula is C20H14Cl3NO4. The Kier molecular flexibility index (Phi) is 6.39. The fourth-order valence-corrected chi connectivity index (χ4v) is 3.16. The van der Waals surface area contributed by atoms with E-state index in [4.69, 9.17) is 44.3 Å². The van der Waals surface area contributed by atoms with Crippen molar-refractivity contribution < 1.29 is 19.1 Å². The highest BCUT2D eigenvalue weighted by atomic mass is 35.5. The zero-order valence-electron chi connectivity index (χ0n) is 14.7. The van der Waals surface area contributed by atoms with Gasteiger partial charge in [-0.25, -0.2) is 9.78 Å². The minimum atomic E-state index is -0.714. The van der Waals surface area contributed by atoms with Gasteiger partial charge in [0.1, 0.15) is 5.52 Å². The van der Waals surface area contributed by atoms with Crippen LogP contribution in [0.25, 0.3) is 10.9 Å².